The Balaban J connectivity index is 1.82. The first-order valence-electron chi connectivity index (χ1n) is 8.02. The number of amides is 1. The Morgan fingerprint density at radius 1 is 1.19 bits per heavy atom. The molecule has 1 unspecified atom stereocenters. The lowest BCUT2D eigenvalue weighted by Crippen LogP contribution is -2.35. The molecule has 0 aromatic heterocycles. The summed E-state index contributed by atoms with van der Waals surface area (Å²) >= 11 is 0. The molecule has 1 aromatic rings. The van der Waals surface area contributed by atoms with Crippen molar-refractivity contribution in [2.75, 3.05) is 13.1 Å². The molecule has 116 valence electrons. The largest absolute Gasteiger partial charge is 0.355 e. The van der Waals surface area contributed by atoms with Gasteiger partial charge in [0.25, 0.3) is 0 Å². The van der Waals surface area contributed by atoms with Crippen LogP contribution in [-0.4, -0.2) is 19.0 Å². The molecule has 1 saturated carbocycles. The maximum absolute atomic E-state index is 11.6. The quantitative estimate of drug-likeness (QED) is 0.756. The Kier molecular flexibility index (Phi) is 5.40. The van der Waals surface area contributed by atoms with Gasteiger partial charge in [-0.2, -0.15) is 0 Å². The second-order valence-corrected chi connectivity index (χ2v) is 7.25. The van der Waals surface area contributed by atoms with Gasteiger partial charge in [-0.15, -0.1) is 0 Å². The van der Waals surface area contributed by atoms with E-state index in [9.17, 15) is 4.79 Å². The van der Waals surface area contributed by atoms with E-state index in [1.54, 1.807) is 0 Å². The van der Waals surface area contributed by atoms with Gasteiger partial charge >= 0.3 is 0 Å². The van der Waals surface area contributed by atoms with Crippen molar-refractivity contribution in [3.05, 3.63) is 35.9 Å². The van der Waals surface area contributed by atoms with Crippen molar-refractivity contribution >= 4 is 5.91 Å². The number of carbonyl (C=O) groups is 1. The molecule has 3 nitrogen and oxygen atoms in total. The molecule has 0 saturated heterocycles. The van der Waals surface area contributed by atoms with Crippen LogP contribution in [0.2, 0.25) is 0 Å². The summed E-state index contributed by atoms with van der Waals surface area (Å²) in [5.74, 6) is 0.522. The van der Waals surface area contributed by atoms with Gasteiger partial charge < -0.3 is 10.6 Å². The Morgan fingerprint density at radius 3 is 2.43 bits per heavy atom. The zero-order chi connectivity index (χ0) is 15.3. The molecule has 0 bridgehead atoms. The monoisotopic (exact) mass is 288 g/mol. The van der Waals surface area contributed by atoms with E-state index in [-0.39, 0.29) is 11.3 Å². The van der Waals surface area contributed by atoms with E-state index in [0.717, 1.165) is 25.8 Å². The van der Waals surface area contributed by atoms with Crippen LogP contribution < -0.4 is 10.6 Å². The van der Waals surface area contributed by atoms with Crippen LogP contribution >= 0.6 is 0 Å². The zero-order valence-corrected chi connectivity index (χ0v) is 13.5. The topological polar surface area (TPSA) is 41.1 Å². The van der Waals surface area contributed by atoms with Crippen LogP contribution in [0.4, 0.5) is 0 Å². The molecule has 21 heavy (non-hydrogen) atoms. The molecule has 1 aliphatic rings. The molecule has 2 rings (SSSR count). The molecule has 1 atom stereocenters. The van der Waals surface area contributed by atoms with Crippen LogP contribution in [0.1, 0.15) is 51.6 Å². The predicted octanol–water partition coefficient (Wildman–Crippen LogP) is 3.28. The van der Waals surface area contributed by atoms with Crippen molar-refractivity contribution in [2.45, 2.75) is 46.1 Å². The Morgan fingerprint density at radius 2 is 1.86 bits per heavy atom. The fourth-order valence-electron chi connectivity index (χ4n) is 2.53. The summed E-state index contributed by atoms with van der Waals surface area (Å²) in [6, 6.07) is 10.9. The first-order valence-corrected chi connectivity index (χ1v) is 8.02. The first kappa shape index (κ1) is 16.0. The SMILES string of the molecule is CC(C)(C)CC(NCCNC(=O)C1CC1)c1ccccc1. The third-order valence-corrected chi connectivity index (χ3v) is 3.78. The fourth-order valence-corrected chi connectivity index (χ4v) is 2.53. The molecular formula is C18H28N2O. The van der Waals surface area contributed by atoms with E-state index in [4.69, 9.17) is 0 Å². The van der Waals surface area contributed by atoms with E-state index < -0.39 is 0 Å². The van der Waals surface area contributed by atoms with Gasteiger partial charge in [0, 0.05) is 25.0 Å². The summed E-state index contributed by atoms with van der Waals surface area (Å²) in [6.07, 6.45) is 3.21. The molecule has 0 heterocycles. The summed E-state index contributed by atoms with van der Waals surface area (Å²) in [5.41, 5.74) is 1.59. The molecule has 1 amide bonds. The molecule has 1 fully saturated rings. The van der Waals surface area contributed by atoms with Crippen LogP contribution in [0.25, 0.3) is 0 Å². The molecule has 0 spiro atoms. The maximum Gasteiger partial charge on any atom is 0.223 e. The average Bonchev–Trinajstić information content (AvgIpc) is 3.26. The van der Waals surface area contributed by atoms with Crippen LogP contribution in [-0.2, 0) is 4.79 Å². The normalized spacial score (nSPS) is 16.5. The molecule has 1 aliphatic carbocycles. The molecule has 0 radical (unpaired) electrons. The van der Waals surface area contributed by atoms with Crippen LogP contribution in [0.15, 0.2) is 30.3 Å². The van der Waals surface area contributed by atoms with E-state index in [1.165, 1.54) is 5.56 Å². The van der Waals surface area contributed by atoms with Crippen molar-refractivity contribution in [3.63, 3.8) is 0 Å². The number of rotatable bonds is 7. The number of carbonyl (C=O) groups excluding carboxylic acids is 1. The third kappa shape index (κ3) is 5.88. The minimum absolute atomic E-state index is 0.226. The molecular weight excluding hydrogens is 260 g/mol. The van der Waals surface area contributed by atoms with E-state index in [2.05, 4.69) is 55.7 Å². The van der Waals surface area contributed by atoms with Gasteiger partial charge in [0.05, 0.1) is 0 Å². The fraction of sp³-hybridized carbons (Fsp3) is 0.611. The maximum atomic E-state index is 11.6. The van der Waals surface area contributed by atoms with E-state index >= 15 is 0 Å². The lowest BCUT2D eigenvalue weighted by Gasteiger charge is -2.27. The molecule has 2 N–H and O–H groups in total. The highest BCUT2D eigenvalue weighted by Crippen LogP contribution is 2.29. The van der Waals surface area contributed by atoms with Crippen molar-refractivity contribution in [1.29, 1.82) is 0 Å². The lowest BCUT2D eigenvalue weighted by molar-refractivity contribution is -0.122. The van der Waals surface area contributed by atoms with Crippen molar-refractivity contribution in [2.24, 2.45) is 11.3 Å². The second kappa shape index (κ2) is 7.08. The second-order valence-electron chi connectivity index (χ2n) is 7.25. The summed E-state index contributed by atoms with van der Waals surface area (Å²) < 4.78 is 0. The summed E-state index contributed by atoms with van der Waals surface area (Å²) in [6.45, 7) is 8.31. The van der Waals surface area contributed by atoms with Gasteiger partial charge in [-0.05, 0) is 30.2 Å². The Labute approximate surface area is 128 Å². The van der Waals surface area contributed by atoms with Gasteiger partial charge in [-0.25, -0.2) is 0 Å². The van der Waals surface area contributed by atoms with E-state index in [0.29, 0.717) is 18.5 Å². The minimum atomic E-state index is 0.226. The zero-order valence-electron chi connectivity index (χ0n) is 13.5. The highest BCUT2D eigenvalue weighted by atomic mass is 16.2. The minimum Gasteiger partial charge on any atom is -0.355 e. The number of hydrogen-bond donors (Lipinski definition) is 2. The summed E-state index contributed by atoms with van der Waals surface area (Å²) in [7, 11) is 0. The number of nitrogens with one attached hydrogen (secondary N) is 2. The van der Waals surface area contributed by atoms with E-state index in [1.807, 2.05) is 6.07 Å². The van der Waals surface area contributed by atoms with Gasteiger partial charge in [0.1, 0.15) is 0 Å². The lowest BCUT2D eigenvalue weighted by atomic mass is 9.85. The third-order valence-electron chi connectivity index (χ3n) is 3.78. The highest BCUT2D eigenvalue weighted by molar-refractivity contribution is 5.80. The predicted molar refractivity (Wildman–Crippen MR) is 87.0 cm³/mol. The summed E-state index contributed by atoms with van der Waals surface area (Å²) in [5, 5.41) is 6.61. The number of hydrogen-bond acceptors (Lipinski definition) is 2. The van der Waals surface area contributed by atoms with Gasteiger partial charge in [0.2, 0.25) is 5.91 Å². The molecule has 1 aromatic carbocycles. The standard InChI is InChI=1S/C18H28N2O/c1-18(2,3)13-16(14-7-5-4-6-8-14)19-11-12-20-17(21)15-9-10-15/h4-8,15-16,19H,9-13H2,1-3H3,(H,20,21). The average molecular weight is 288 g/mol. The van der Waals surface area contributed by atoms with Crippen molar-refractivity contribution < 1.29 is 4.79 Å². The van der Waals surface area contributed by atoms with Crippen LogP contribution in [0.3, 0.4) is 0 Å². The van der Waals surface area contributed by atoms with Gasteiger partial charge in [-0.1, -0.05) is 51.1 Å². The van der Waals surface area contributed by atoms with Crippen molar-refractivity contribution in [3.8, 4) is 0 Å². The summed E-state index contributed by atoms with van der Waals surface area (Å²) in [4.78, 5) is 11.6. The van der Waals surface area contributed by atoms with Gasteiger partial charge in [0.15, 0.2) is 0 Å². The molecule has 3 heteroatoms. The van der Waals surface area contributed by atoms with Crippen molar-refractivity contribution in [1.82, 2.24) is 10.6 Å². The Bertz CT molecular complexity index is 446. The first-order chi connectivity index (χ1) is 9.96. The molecule has 0 aliphatic heterocycles. The van der Waals surface area contributed by atoms with Crippen LogP contribution in [0, 0.1) is 11.3 Å². The highest BCUT2D eigenvalue weighted by Gasteiger charge is 2.29. The Hall–Kier alpha value is -1.35. The van der Waals surface area contributed by atoms with Gasteiger partial charge in [-0.3, -0.25) is 4.79 Å². The van der Waals surface area contributed by atoms with Crippen LogP contribution in [0.5, 0.6) is 0 Å². The smallest absolute Gasteiger partial charge is 0.223 e. The number of benzene rings is 1.